The zero-order valence-corrected chi connectivity index (χ0v) is 17.4. The third kappa shape index (κ3) is 4.49. The zero-order valence-electron chi connectivity index (χ0n) is 15.1. The number of halogens is 2. The summed E-state index contributed by atoms with van der Waals surface area (Å²) in [5, 5.41) is 15.7. The van der Waals surface area contributed by atoms with Gasteiger partial charge in [-0.2, -0.15) is 4.68 Å². The molecule has 2 heterocycles. The lowest BCUT2D eigenvalue weighted by Crippen LogP contribution is -3.12. The summed E-state index contributed by atoms with van der Waals surface area (Å²) in [6.45, 7) is 7.65. The maximum Gasteiger partial charge on any atom is 0.203 e. The molecular weight excluding hydrogens is 391 g/mol. The molecule has 0 amide bonds. The molecule has 2 N–H and O–H groups in total. The second-order valence-electron chi connectivity index (χ2n) is 7.37. The lowest BCUT2D eigenvalue weighted by Gasteiger charge is -2.26. The summed E-state index contributed by atoms with van der Waals surface area (Å²) in [4.78, 5) is 1.38. The van der Waals surface area contributed by atoms with Crippen LogP contribution in [0.25, 0.3) is 11.4 Å². The van der Waals surface area contributed by atoms with Gasteiger partial charge in [0.2, 0.25) is 4.77 Å². The van der Waals surface area contributed by atoms with Gasteiger partial charge in [0.1, 0.15) is 0 Å². The highest BCUT2D eigenvalue weighted by molar-refractivity contribution is 7.71. The summed E-state index contributed by atoms with van der Waals surface area (Å²) in [5.41, 5.74) is 0.839. The molecule has 0 atom stereocenters. The normalized spacial score (nSPS) is 20.7. The van der Waals surface area contributed by atoms with Crippen LogP contribution in [0.5, 0.6) is 0 Å². The van der Waals surface area contributed by atoms with Crippen LogP contribution in [0.2, 0.25) is 10.0 Å². The van der Waals surface area contributed by atoms with Crippen LogP contribution in [-0.2, 0) is 13.2 Å². The number of hydrogen-bond donors (Lipinski definition) is 2. The van der Waals surface area contributed by atoms with Crippen molar-refractivity contribution >= 4 is 35.4 Å². The number of aliphatic hydroxyl groups is 1. The molecule has 1 aliphatic heterocycles. The highest BCUT2D eigenvalue weighted by Crippen LogP contribution is 2.30. The standard InChI is InChI=1S/C18H24Cl2N4OS/c1-12(2)10-23-17(15-4-3-13(19)9-16(15)20)21-24(18(23)26)11-22-7-5-14(25)6-8-22/h3-4,9,12,14,25H,5-8,10-11H2,1-2H3/p+1. The van der Waals surface area contributed by atoms with Gasteiger partial charge < -0.3 is 10.0 Å². The molecule has 0 saturated carbocycles. The Kier molecular flexibility index (Phi) is 6.41. The van der Waals surface area contributed by atoms with E-state index in [-0.39, 0.29) is 6.10 Å². The highest BCUT2D eigenvalue weighted by atomic mass is 35.5. The van der Waals surface area contributed by atoms with E-state index >= 15 is 0 Å². The van der Waals surface area contributed by atoms with E-state index in [2.05, 4.69) is 18.4 Å². The van der Waals surface area contributed by atoms with Gasteiger partial charge in [-0.3, -0.25) is 4.57 Å². The number of nitrogens with one attached hydrogen (secondary N) is 1. The Labute approximate surface area is 169 Å². The second kappa shape index (κ2) is 8.40. The molecule has 1 saturated heterocycles. The van der Waals surface area contributed by atoms with Crippen LogP contribution in [0.3, 0.4) is 0 Å². The van der Waals surface area contributed by atoms with Gasteiger partial charge in [-0.15, -0.1) is 5.10 Å². The third-order valence-electron chi connectivity index (χ3n) is 4.68. The number of rotatable bonds is 5. The van der Waals surface area contributed by atoms with Crippen molar-refractivity contribution in [2.45, 2.75) is 46.0 Å². The van der Waals surface area contributed by atoms with Crippen LogP contribution in [0.15, 0.2) is 18.2 Å². The summed E-state index contributed by atoms with van der Waals surface area (Å²) in [6, 6.07) is 5.45. The van der Waals surface area contributed by atoms with E-state index in [4.69, 9.17) is 40.5 Å². The summed E-state index contributed by atoms with van der Waals surface area (Å²) in [6.07, 6.45) is 1.48. The van der Waals surface area contributed by atoms with E-state index in [1.165, 1.54) is 4.90 Å². The average molecular weight is 416 g/mol. The maximum atomic E-state index is 9.71. The molecule has 0 bridgehead atoms. The highest BCUT2D eigenvalue weighted by Gasteiger charge is 2.23. The van der Waals surface area contributed by atoms with Crippen LogP contribution in [-0.4, -0.2) is 38.6 Å². The molecule has 0 radical (unpaired) electrons. The van der Waals surface area contributed by atoms with E-state index in [1.807, 2.05) is 16.8 Å². The van der Waals surface area contributed by atoms with Gasteiger partial charge in [0, 0.05) is 30.0 Å². The van der Waals surface area contributed by atoms with Crippen LogP contribution in [0.4, 0.5) is 0 Å². The number of aromatic nitrogens is 3. The fourth-order valence-corrected chi connectivity index (χ4v) is 4.08. The van der Waals surface area contributed by atoms with E-state index < -0.39 is 0 Å². The van der Waals surface area contributed by atoms with Gasteiger partial charge in [0.25, 0.3) is 0 Å². The maximum absolute atomic E-state index is 9.71. The van der Waals surface area contributed by atoms with Crippen molar-refractivity contribution in [3.05, 3.63) is 33.0 Å². The van der Waals surface area contributed by atoms with Crippen molar-refractivity contribution in [1.29, 1.82) is 0 Å². The van der Waals surface area contributed by atoms with Gasteiger partial charge >= 0.3 is 0 Å². The molecule has 0 spiro atoms. The monoisotopic (exact) mass is 415 g/mol. The molecule has 1 aromatic heterocycles. The zero-order chi connectivity index (χ0) is 18.8. The Morgan fingerprint density at radius 3 is 2.62 bits per heavy atom. The molecule has 1 aromatic carbocycles. The molecular formula is C18H25Cl2N4OS+. The number of hydrogen-bond acceptors (Lipinski definition) is 3. The molecule has 3 rings (SSSR count). The van der Waals surface area contributed by atoms with Gasteiger partial charge in [-0.1, -0.05) is 37.0 Å². The van der Waals surface area contributed by atoms with E-state index in [9.17, 15) is 5.11 Å². The predicted molar refractivity (Wildman–Crippen MR) is 107 cm³/mol. The van der Waals surface area contributed by atoms with Crippen molar-refractivity contribution in [3.8, 4) is 11.4 Å². The Hall–Kier alpha value is -0.920. The van der Waals surface area contributed by atoms with Crippen LogP contribution in [0.1, 0.15) is 26.7 Å². The van der Waals surface area contributed by atoms with Crippen LogP contribution < -0.4 is 4.90 Å². The van der Waals surface area contributed by atoms with Crippen molar-refractivity contribution in [1.82, 2.24) is 14.3 Å². The largest absolute Gasteiger partial charge is 0.393 e. The topological polar surface area (TPSA) is 47.4 Å². The first kappa shape index (κ1) is 19.8. The summed E-state index contributed by atoms with van der Waals surface area (Å²) >= 11 is 18.2. The SMILES string of the molecule is CC(C)Cn1c(-c2ccc(Cl)cc2Cl)nn(C[NH+]2CCC(O)CC2)c1=S. The van der Waals surface area contributed by atoms with E-state index in [0.717, 1.165) is 43.9 Å². The van der Waals surface area contributed by atoms with Crippen molar-refractivity contribution in [3.63, 3.8) is 0 Å². The number of nitrogens with zero attached hydrogens (tertiary/aromatic N) is 3. The molecule has 8 heteroatoms. The van der Waals surface area contributed by atoms with Gasteiger partial charge in [-0.25, -0.2) is 0 Å². The molecule has 1 aliphatic rings. The second-order valence-corrected chi connectivity index (χ2v) is 8.58. The average Bonchev–Trinajstić information content (AvgIpc) is 2.86. The predicted octanol–water partition coefficient (Wildman–Crippen LogP) is 3.04. The molecule has 26 heavy (non-hydrogen) atoms. The van der Waals surface area contributed by atoms with E-state index in [1.54, 1.807) is 6.07 Å². The Bertz CT molecular complexity index is 825. The van der Waals surface area contributed by atoms with Crippen molar-refractivity contribution < 1.29 is 10.0 Å². The van der Waals surface area contributed by atoms with Gasteiger partial charge in [0.05, 0.1) is 24.2 Å². The minimum atomic E-state index is -0.173. The first-order valence-corrected chi connectivity index (χ1v) is 10.2. The van der Waals surface area contributed by atoms with Crippen LogP contribution >= 0.6 is 35.4 Å². The minimum absolute atomic E-state index is 0.173. The number of likely N-dealkylation sites (tertiary alicyclic amines) is 1. The van der Waals surface area contributed by atoms with Gasteiger partial charge in [0.15, 0.2) is 12.5 Å². The number of aliphatic hydroxyl groups excluding tert-OH is 1. The summed E-state index contributed by atoms with van der Waals surface area (Å²) in [5.74, 6) is 1.21. The minimum Gasteiger partial charge on any atom is -0.393 e. The molecule has 5 nitrogen and oxygen atoms in total. The molecule has 0 unspecified atom stereocenters. The molecule has 0 aliphatic carbocycles. The first-order chi connectivity index (χ1) is 12.3. The summed E-state index contributed by atoms with van der Waals surface area (Å²) in [7, 11) is 0. The fraction of sp³-hybridized carbons (Fsp3) is 0.556. The fourth-order valence-electron chi connectivity index (χ4n) is 3.32. The Morgan fingerprint density at radius 1 is 1.31 bits per heavy atom. The lowest BCUT2D eigenvalue weighted by atomic mass is 10.1. The van der Waals surface area contributed by atoms with Crippen LogP contribution in [0, 0.1) is 10.7 Å². The molecule has 1 fully saturated rings. The van der Waals surface area contributed by atoms with Crippen molar-refractivity contribution in [2.24, 2.45) is 5.92 Å². The molecule has 2 aromatic rings. The lowest BCUT2D eigenvalue weighted by molar-refractivity contribution is -0.929. The first-order valence-electron chi connectivity index (χ1n) is 9.00. The number of benzene rings is 1. The Balaban J connectivity index is 1.96. The van der Waals surface area contributed by atoms with E-state index in [0.29, 0.717) is 27.4 Å². The number of piperidine rings is 1. The third-order valence-corrected chi connectivity index (χ3v) is 5.66. The van der Waals surface area contributed by atoms with Gasteiger partial charge in [-0.05, 0) is 36.3 Å². The molecule has 142 valence electrons. The smallest absolute Gasteiger partial charge is 0.203 e. The van der Waals surface area contributed by atoms with Crippen molar-refractivity contribution in [2.75, 3.05) is 13.1 Å². The number of quaternary nitrogens is 1. The quantitative estimate of drug-likeness (QED) is 0.737. The summed E-state index contributed by atoms with van der Waals surface area (Å²) < 4.78 is 4.66. The Morgan fingerprint density at radius 2 is 2.00 bits per heavy atom.